The number of amides is 1. The second-order valence-electron chi connectivity index (χ2n) is 8.39. The number of rotatable bonds is 6. The number of carbonyl (C=O) groups is 1. The Morgan fingerprint density at radius 1 is 1.32 bits per heavy atom. The van der Waals surface area contributed by atoms with Crippen molar-refractivity contribution < 1.29 is 9.53 Å². The lowest BCUT2D eigenvalue weighted by atomic mass is 9.54. The van der Waals surface area contributed by atoms with Gasteiger partial charge in [0.25, 0.3) is 0 Å². The Bertz CT molecular complexity index is 671. The summed E-state index contributed by atoms with van der Waals surface area (Å²) in [5.41, 5.74) is 8.11. The van der Waals surface area contributed by atoms with Crippen LogP contribution in [-0.2, 0) is 22.5 Å². The van der Waals surface area contributed by atoms with E-state index in [1.165, 1.54) is 11.1 Å². The first-order valence-corrected chi connectivity index (χ1v) is 9.79. The number of hydrogen-bond donors (Lipinski definition) is 2. The van der Waals surface area contributed by atoms with Gasteiger partial charge in [0.1, 0.15) is 5.54 Å². The van der Waals surface area contributed by atoms with Gasteiger partial charge < -0.3 is 15.8 Å². The highest BCUT2D eigenvalue weighted by Gasteiger charge is 2.62. The number of carbonyl (C=O) groups excluding carboxylic acids is 1. The van der Waals surface area contributed by atoms with Crippen LogP contribution in [0, 0.1) is 5.41 Å². The maximum absolute atomic E-state index is 12.8. The van der Waals surface area contributed by atoms with Crippen molar-refractivity contribution in [2.75, 3.05) is 19.7 Å². The highest BCUT2D eigenvalue weighted by atomic mass is 35.5. The second-order valence-corrected chi connectivity index (χ2v) is 8.39. The molecule has 0 aromatic heterocycles. The molecule has 1 saturated carbocycles. The summed E-state index contributed by atoms with van der Waals surface area (Å²) in [6.07, 6.45) is 1.71. The summed E-state index contributed by atoms with van der Waals surface area (Å²) in [5.74, 6) is -0.0530. The fourth-order valence-electron chi connectivity index (χ4n) is 4.24. The molecule has 0 spiro atoms. The van der Waals surface area contributed by atoms with E-state index in [4.69, 9.17) is 10.5 Å². The zero-order chi connectivity index (χ0) is 18.9. The molecule has 3 N–H and O–H groups in total. The molecule has 1 aliphatic heterocycles. The molecule has 1 amide bonds. The molecule has 28 heavy (non-hydrogen) atoms. The van der Waals surface area contributed by atoms with Gasteiger partial charge in [-0.15, -0.1) is 24.8 Å². The van der Waals surface area contributed by atoms with Crippen molar-refractivity contribution in [2.45, 2.75) is 64.8 Å². The van der Waals surface area contributed by atoms with Gasteiger partial charge >= 0.3 is 0 Å². The Morgan fingerprint density at radius 2 is 1.96 bits per heavy atom. The van der Waals surface area contributed by atoms with E-state index in [1.54, 1.807) is 0 Å². The molecular weight excluding hydrogens is 397 g/mol. The minimum absolute atomic E-state index is 0. The molecule has 0 radical (unpaired) electrons. The molecule has 7 heteroatoms. The molecule has 2 aliphatic rings. The Morgan fingerprint density at radius 3 is 2.57 bits per heavy atom. The fraction of sp³-hybridized carbons (Fsp3) is 0.667. The third kappa shape index (κ3) is 4.49. The summed E-state index contributed by atoms with van der Waals surface area (Å²) in [6, 6.07) is 8.90. The molecule has 3 unspecified atom stereocenters. The molecule has 3 atom stereocenters. The average molecular weight is 432 g/mol. The maximum atomic E-state index is 12.8. The van der Waals surface area contributed by atoms with Crippen LogP contribution in [0.2, 0.25) is 0 Å². The first-order valence-electron chi connectivity index (χ1n) is 9.79. The number of halogens is 2. The van der Waals surface area contributed by atoms with Crippen LogP contribution in [0.5, 0.6) is 0 Å². The highest BCUT2D eigenvalue weighted by Crippen LogP contribution is 2.49. The van der Waals surface area contributed by atoms with Crippen LogP contribution in [0.1, 0.15) is 45.2 Å². The van der Waals surface area contributed by atoms with Crippen molar-refractivity contribution in [2.24, 2.45) is 11.1 Å². The number of hydrogen-bond acceptors (Lipinski definition) is 4. The molecule has 1 aromatic carbocycles. The number of nitrogens with one attached hydrogen (secondary N) is 1. The van der Waals surface area contributed by atoms with Gasteiger partial charge in [-0.1, -0.05) is 38.1 Å². The number of benzene rings is 1. The summed E-state index contributed by atoms with van der Waals surface area (Å²) in [7, 11) is 0. The Balaban J connectivity index is 0.00000196. The van der Waals surface area contributed by atoms with Crippen LogP contribution in [-0.4, -0.2) is 48.2 Å². The van der Waals surface area contributed by atoms with E-state index in [9.17, 15) is 4.79 Å². The van der Waals surface area contributed by atoms with Crippen molar-refractivity contribution in [3.8, 4) is 0 Å². The molecule has 3 rings (SSSR count). The lowest BCUT2D eigenvalue weighted by Crippen LogP contribution is -2.76. The van der Waals surface area contributed by atoms with Gasteiger partial charge in [-0.2, -0.15) is 0 Å². The third-order valence-corrected chi connectivity index (χ3v) is 6.58. The van der Waals surface area contributed by atoms with E-state index < -0.39 is 5.54 Å². The van der Waals surface area contributed by atoms with Crippen LogP contribution >= 0.6 is 24.8 Å². The quantitative estimate of drug-likeness (QED) is 0.726. The normalized spacial score (nSPS) is 26.7. The first-order chi connectivity index (χ1) is 12.3. The van der Waals surface area contributed by atoms with E-state index in [-0.39, 0.29) is 48.3 Å². The molecule has 1 heterocycles. The minimum Gasteiger partial charge on any atom is -0.378 e. The summed E-state index contributed by atoms with van der Waals surface area (Å²) in [5, 5.41) is 3.10. The number of ether oxygens (including phenoxy) is 1. The topological polar surface area (TPSA) is 67.6 Å². The van der Waals surface area contributed by atoms with Crippen LogP contribution in [0.25, 0.3) is 0 Å². The van der Waals surface area contributed by atoms with Crippen LogP contribution in [0.15, 0.2) is 24.3 Å². The predicted molar refractivity (Wildman–Crippen MR) is 118 cm³/mol. The maximum Gasteiger partial charge on any atom is 0.240 e. The number of nitrogens with zero attached hydrogens (tertiary/aromatic N) is 1. The van der Waals surface area contributed by atoms with Crippen molar-refractivity contribution >= 4 is 30.7 Å². The van der Waals surface area contributed by atoms with Gasteiger partial charge in [0.2, 0.25) is 5.91 Å². The van der Waals surface area contributed by atoms with Gasteiger partial charge in [-0.25, -0.2) is 0 Å². The monoisotopic (exact) mass is 431 g/mol. The number of nitrogens with two attached hydrogens (primary N) is 1. The van der Waals surface area contributed by atoms with E-state index in [0.717, 1.165) is 19.5 Å². The molecule has 5 nitrogen and oxygen atoms in total. The standard InChI is InChI=1S/C21H33N3O2.2ClH/c1-5-26-18-12-21(22,20(18,3)4)19(25)23-13-15(2)24-11-10-16-8-6-7-9-17(16)14-24;;/h6-9,15,18H,5,10-14,22H2,1-4H3,(H,23,25);2*1H. The first kappa shape index (κ1) is 25.2. The summed E-state index contributed by atoms with van der Waals surface area (Å²) < 4.78 is 5.72. The summed E-state index contributed by atoms with van der Waals surface area (Å²) in [4.78, 5) is 15.2. The van der Waals surface area contributed by atoms with Crippen LogP contribution < -0.4 is 11.1 Å². The second kappa shape index (κ2) is 9.77. The average Bonchev–Trinajstić information content (AvgIpc) is 2.64. The summed E-state index contributed by atoms with van der Waals surface area (Å²) >= 11 is 0. The van der Waals surface area contributed by atoms with Gasteiger partial charge in [-0.3, -0.25) is 9.69 Å². The molecule has 0 saturated heterocycles. The molecule has 1 fully saturated rings. The molecule has 0 bridgehead atoms. The Labute approximate surface area is 181 Å². The lowest BCUT2D eigenvalue weighted by molar-refractivity contribution is -0.170. The zero-order valence-electron chi connectivity index (χ0n) is 17.4. The third-order valence-electron chi connectivity index (χ3n) is 6.58. The van der Waals surface area contributed by atoms with Crippen LogP contribution in [0.3, 0.4) is 0 Å². The van der Waals surface area contributed by atoms with Gasteiger partial charge in [0, 0.05) is 44.1 Å². The summed E-state index contributed by atoms with van der Waals surface area (Å²) in [6.45, 7) is 11.5. The van der Waals surface area contributed by atoms with Crippen molar-refractivity contribution in [1.29, 1.82) is 0 Å². The highest BCUT2D eigenvalue weighted by molar-refractivity contribution is 5.88. The molecular formula is C21H35Cl2N3O2. The van der Waals surface area contributed by atoms with Gasteiger partial charge in [0.15, 0.2) is 0 Å². The van der Waals surface area contributed by atoms with Crippen molar-refractivity contribution in [1.82, 2.24) is 10.2 Å². The van der Waals surface area contributed by atoms with Gasteiger partial charge in [0.05, 0.1) is 6.10 Å². The molecule has 1 aromatic rings. The van der Waals surface area contributed by atoms with E-state index in [1.807, 2.05) is 20.8 Å². The smallest absolute Gasteiger partial charge is 0.240 e. The number of fused-ring (bicyclic) bond motifs is 1. The molecule has 1 aliphatic carbocycles. The SMILES string of the molecule is CCOC1CC(N)(C(=O)NCC(C)N2CCc3ccccc3C2)C1(C)C.Cl.Cl. The molecule has 160 valence electrons. The van der Waals surface area contributed by atoms with Crippen molar-refractivity contribution in [3.63, 3.8) is 0 Å². The van der Waals surface area contributed by atoms with Crippen molar-refractivity contribution in [3.05, 3.63) is 35.4 Å². The fourth-order valence-corrected chi connectivity index (χ4v) is 4.24. The Kier molecular flexibility index (Phi) is 8.79. The van der Waals surface area contributed by atoms with E-state index in [0.29, 0.717) is 19.6 Å². The Hall–Kier alpha value is -0.850. The van der Waals surface area contributed by atoms with Gasteiger partial charge in [-0.05, 0) is 31.4 Å². The van der Waals surface area contributed by atoms with Crippen LogP contribution in [0.4, 0.5) is 0 Å². The minimum atomic E-state index is -0.846. The lowest BCUT2D eigenvalue weighted by Gasteiger charge is -2.57. The van der Waals surface area contributed by atoms with E-state index >= 15 is 0 Å². The zero-order valence-corrected chi connectivity index (χ0v) is 19.0. The van der Waals surface area contributed by atoms with E-state index in [2.05, 4.69) is 41.4 Å². The largest absolute Gasteiger partial charge is 0.378 e. The predicted octanol–water partition coefficient (Wildman–Crippen LogP) is 2.93.